The molecule has 0 aromatic heterocycles. The number of amides is 1. The van der Waals surface area contributed by atoms with E-state index < -0.39 is 0 Å². The Kier molecular flexibility index (Phi) is 7.39. The van der Waals surface area contributed by atoms with Crippen LogP contribution in [-0.2, 0) is 22.5 Å². The first-order chi connectivity index (χ1) is 12.6. The summed E-state index contributed by atoms with van der Waals surface area (Å²) in [5.41, 5.74) is 3.93. The molecular weight excluding hydrogens is 326 g/mol. The molecule has 0 aliphatic heterocycles. The van der Waals surface area contributed by atoms with Crippen LogP contribution in [0.4, 0.5) is 0 Å². The lowest BCUT2D eigenvalue weighted by Gasteiger charge is -2.24. The van der Waals surface area contributed by atoms with Crippen molar-refractivity contribution in [2.75, 3.05) is 13.2 Å². The molecule has 0 saturated heterocycles. The molecule has 0 unspecified atom stereocenters. The van der Waals surface area contributed by atoms with Crippen LogP contribution in [0.3, 0.4) is 0 Å². The van der Waals surface area contributed by atoms with Crippen LogP contribution in [0.2, 0.25) is 0 Å². The fraction of sp³-hybridized carbons (Fsp3) is 0.364. The summed E-state index contributed by atoms with van der Waals surface area (Å²) < 4.78 is 5.02. The third-order valence-corrected chi connectivity index (χ3v) is 4.43. The van der Waals surface area contributed by atoms with E-state index in [0.717, 1.165) is 23.1 Å². The van der Waals surface area contributed by atoms with Crippen molar-refractivity contribution in [3.8, 4) is 0 Å². The average Bonchev–Trinajstić information content (AvgIpc) is 2.66. The highest BCUT2D eigenvalue weighted by Crippen LogP contribution is 2.17. The van der Waals surface area contributed by atoms with Gasteiger partial charge in [-0.15, -0.1) is 0 Å². The van der Waals surface area contributed by atoms with Crippen LogP contribution in [-0.4, -0.2) is 29.9 Å². The van der Waals surface area contributed by atoms with Crippen molar-refractivity contribution in [2.45, 2.75) is 40.2 Å². The minimum absolute atomic E-state index is 0.0463. The van der Waals surface area contributed by atoms with Crippen LogP contribution < -0.4 is 0 Å². The van der Waals surface area contributed by atoms with Gasteiger partial charge in [-0.3, -0.25) is 9.59 Å². The number of benzene rings is 2. The lowest BCUT2D eigenvalue weighted by Crippen LogP contribution is -2.33. The van der Waals surface area contributed by atoms with Gasteiger partial charge in [0.25, 0.3) is 5.91 Å². The summed E-state index contributed by atoms with van der Waals surface area (Å²) in [5.74, 6) is -0.325. The molecule has 1 amide bonds. The summed E-state index contributed by atoms with van der Waals surface area (Å²) in [6.45, 7) is 7.02. The van der Waals surface area contributed by atoms with Crippen LogP contribution in [0.5, 0.6) is 0 Å². The summed E-state index contributed by atoms with van der Waals surface area (Å²) in [6, 6.07) is 15.7. The molecule has 0 atom stereocenters. The van der Waals surface area contributed by atoms with Crippen LogP contribution >= 0.6 is 0 Å². The number of rotatable bonds is 8. The van der Waals surface area contributed by atoms with Crippen LogP contribution in [0.15, 0.2) is 48.5 Å². The number of nitrogens with zero attached hydrogens (tertiary/aromatic N) is 1. The zero-order valence-electron chi connectivity index (χ0n) is 15.8. The highest BCUT2D eigenvalue weighted by Gasteiger charge is 2.20. The Bertz CT molecular complexity index is 755. The maximum Gasteiger partial charge on any atom is 0.307 e. The molecule has 0 spiro atoms. The first-order valence-electron chi connectivity index (χ1n) is 9.14. The van der Waals surface area contributed by atoms with E-state index in [1.807, 2.05) is 62.4 Å². The Morgan fingerprint density at radius 2 is 1.62 bits per heavy atom. The predicted molar refractivity (Wildman–Crippen MR) is 103 cm³/mol. The molecular formula is C22H27NO3. The number of hydrogen-bond acceptors (Lipinski definition) is 3. The standard InChI is InChI=1S/C22H27NO3/c1-4-18-11-8-9-13-20(18)22(25)23(15-14-21(24)26-5-2)16-19-12-7-6-10-17(19)3/h6-13H,4-5,14-16H2,1-3H3. The van der Waals surface area contributed by atoms with Crippen molar-refractivity contribution in [3.63, 3.8) is 0 Å². The van der Waals surface area contributed by atoms with Gasteiger partial charge in [-0.2, -0.15) is 0 Å². The Morgan fingerprint density at radius 3 is 2.27 bits per heavy atom. The monoisotopic (exact) mass is 353 g/mol. The summed E-state index contributed by atoms with van der Waals surface area (Å²) >= 11 is 0. The van der Waals surface area contributed by atoms with Gasteiger partial charge in [-0.25, -0.2) is 0 Å². The fourth-order valence-electron chi connectivity index (χ4n) is 2.91. The largest absolute Gasteiger partial charge is 0.466 e. The molecule has 2 rings (SSSR count). The number of hydrogen-bond donors (Lipinski definition) is 0. The molecule has 0 N–H and O–H groups in total. The van der Waals surface area contributed by atoms with Gasteiger partial charge in [0.1, 0.15) is 0 Å². The van der Waals surface area contributed by atoms with E-state index in [0.29, 0.717) is 25.3 Å². The molecule has 0 fully saturated rings. The molecule has 0 bridgehead atoms. The second kappa shape index (κ2) is 9.76. The minimum Gasteiger partial charge on any atom is -0.466 e. The summed E-state index contributed by atoms with van der Waals surface area (Å²) in [5, 5.41) is 0. The van der Waals surface area contributed by atoms with E-state index in [-0.39, 0.29) is 18.3 Å². The predicted octanol–water partition coefficient (Wildman–Crippen LogP) is 4.15. The van der Waals surface area contributed by atoms with Gasteiger partial charge in [-0.05, 0) is 43.0 Å². The van der Waals surface area contributed by atoms with Gasteiger partial charge in [0.15, 0.2) is 0 Å². The summed E-state index contributed by atoms with van der Waals surface area (Å²) in [7, 11) is 0. The summed E-state index contributed by atoms with van der Waals surface area (Å²) in [4.78, 5) is 26.7. The fourth-order valence-corrected chi connectivity index (χ4v) is 2.91. The lowest BCUT2D eigenvalue weighted by molar-refractivity contribution is -0.143. The normalized spacial score (nSPS) is 10.4. The molecule has 0 heterocycles. The molecule has 0 aliphatic carbocycles. The van der Waals surface area contributed by atoms with Crippen molar-refractivity contribution in [2.24, 2.45) is 0 Å². The highest BCUT2D eigenvalue weighted by atomic mass is 16.5. The Labute approximate surface area is 155 Å². The molecule has 4 nitrogen and oxygen atoms in total. The molecule has 0 radical (unpaired) electrons. The first-order valence-corrected chi connectivity index (χ1v) is 9.14. The minimum atomic E-state index is -0.279. The van der Waals surface area contributed by atoms with Crippen molar-refractivity contribution < 1.29 is 14.3 Å². The Balaban J connectivity index is 2.25. The molecule has 2 aromatic rings. The smallest absolute Gasteiger partial charge is 0.307 e. The number of esters is 1. The lowest BCUT2D eigenvalue weighted by atomic mass is 10.0. The van der Waals surface area contributed by atoms with Gasteiger partial charge in [0.2, 0.25) is 0 Å². The van der Waals surface area contributed by atoms with E-state index in [2.05, 4.69) is 0 Å². The topological polar surface area (TPSA) is 46.6 Å². The van der Waals surface area contributed by atoms with Crippen molar-refractivity contribution >= 4 is 11.9 Å². The number of aryl methyl sites for hydroxylation is 2. The summed E-state index contributed by atoms with van der Waals surface area (Å²) in [6.07, 6.45) is 0.984. The van der Waals surface area contributed by atoms with E-state index in [4.69, 9.17) is 4.74 Å². The SMILES string of the molecule is CCOC(=O)CCN(Cc1ccccc1C)C(=O)c1ccccc1CC. The third kappa shape index (κ3) is 5.19. The second-order valence-electron chi connectivity index (χ2n) is 6.22. The van der Waals surface area contributed by atoms with Crippen LogP contribution in [0.25, 0.3) is 0 Å². The highest BCUT2D eigenvalue weighted by molar-refractivity contribution is 5.95. The number of ether oxygens (including phenoxy) is 1. The Hall–Kier alpha value is -2.62. The maximum absolute atomic E-state index is 13.2. The number of carbonyl (C=O) groups excluding carboxylic acids is 2. The maximum atomic E-state index is 13.2. The van der Waals surface area contributed by atoms with Crippen LogP contribution in [0, 0.1) is 6.92 Å². The van der Waals surface area contributed by atoms with E-state index in [1.165, 1.54) is 0 Å². The Morgan fingerprint density at radius 1 is 0.962 bits per heavy atom. The van der Waals surface area contributed by atoms with Crippen LogP contribution in [0.1, 0.15) is 47.3 Å². The third-order valence-electron chi connectivity index (χ3n) is 4.43. The molecule has 4 heteroatoms. The molecule has 0 aliphatic rings. The van der Waals surface area contributed by atoms with E-state index in [1.54, 1.807) is 11.8 Å². The van der Waals surface area contributed by atoms with Crippen molar-refractivity contribution in [3.05, 3.63) is 70.8 Å². The zero-order valence-corrected chi connectivity index (χ0v) is 15.8. The average molecular weight is 353 g/mol. The van der Waals surface area contributed by atoms with Gasteiger partial charge in [0, 0.05) is 18.7 Å². The van der Waals surface area contributed by atoms with Gasteiger partial charge >= 0.3 is 5.97 Å². The molecule has 138 valence electrons. The first kappa shape index (κ1) is 19.7. The van der Waals surface area contributed by atoms with E-state index >= 15 is 0 Å². The number of carbonyl (C=O) groups is 2. The second-order valence-corrected chi connectivity index (χ2v) is 6.22. The molecule has 2 aromatic carbocycles. The van der Waals surface area contributed by atoms with Gasteiger partial charge < -0.3 is 9.64 Å². The molecule has 0 saturated carbocycles. The zero-order chi connectivity index (χ0) is 18.9. The van der Waals surface area contributed by atoms with E-state index in [9.17, 15) is 9.59 Å². The van der Waals surface area contributed by atoms with Gasteiger partial charge in [0.05, 0.1) is 13.0 Å². The van der Waals surface area contributed by atoms with Gasteiger partial charge in [-0.1, -0.05) is 49.4 Å². The quantitative estimate of drug-likeness (QED) is 0.670. The molecule has 26 heavy (non-hydrogen) atoms. The van der Waals surface area contributed by atoms with Crippen molar-refractivity contribution in [1.29, 1.82) is 0 Å². The van der Waals surface area contributed by atoms with Crippen molar-refractivity contribution in [1.82, 2.24) is 4.90 Å².